The van der Waals surface area contributed by atoms with Gasteiger partial charge in [0.15, 0.2) is 5.82 Å². The highest BCUT2D eigenvalue weighted by atomic mass is 35.5. The van der Waals surface area contributed by atoms with Crippen molar-refractivity contribution < 1.29 is 24.2 Å². The van der Waals surface area contributed by atoms with E-state index in [1.54, 1.807) is 11.3 Å². The number of fused-ring (bicyclic) bond motifs is 4. The summed E-state index contributed by atoms with van der Waals surface area (Å²) in [5, 5.41) is 29.5. The van der Waals surface area contributed by atoms with Gasteiger partial charge in [-0.25, -0.2) is 0 Å². The number of nitrogens with one attached hydrogen (secondary N) is 3. The van der Waals surface area contributed by atoms with Crippen LogP contribution in [0.25, 0.3) is 5.00 Å². The van der Waals surface area contributed by atoms with Gasteiger partial charge >= 0.3 is 0 Å². The Bertz CT molecular complexity index is 2460. The van der Waals surface area contributed by atoms with Crippen molar-refractivity contribution >= 4 is 52.1 Å². The molecule has 0 bridgehead atoms. The number of hydrogen-bond acceptors (Lipinski definition) is 10. The van der Waals surface area contributed by atoms with Crippen LogP contribution in [0.2, 0.25) is 5.02 Å². The summed E-state index contributed by atoms with van der Waals surface area (Å²) in [4.78, 5) is 47.4. The van der Waals surface area contributed by atoms with Crippen LogP contribution in [-0.2, 0) is 34.0 Å². The van der Waals surface area contributed by atoms with Gasteiger partial charge in [0.05, 0.1) is 24.8 Å². The Kier molecular flexibility index (Phi) is 14.6. The van der Waals surface area contributed by atoms with Crippen molar-refractivity contribution in [3.05, 3.63) is 122 Å². The van der Waals surface area contributed by atoms with Gasteiger partial charge in [-0.3, -0.25) is 23.9 Å². The minimum atomic E-state index is -0.533. The van der Waals surface area contributed by atoms with Gasteiger partial charge < -0.3 is 30.7 Å². The van der Waals surface area contributed by atoms with E-state index in [0.29, 0.717) is 55.6 Å². The van der Waals surface area contributed by atoms with Crippen LogP contribution >= 0.6 is 22.9 Å². The Morgan fingerprint density at radius 1 is 0.968 bits per heavy atom. The molecule has 7 rings (SSSR count). The van der Waals surface area contributed by atoms with Gasteiger partial charge in [0.2, 0.25) is 17.7 Å². The van der Waals surface area contributed by atoms with Gasteiger partial charge in [0.1, 0.15) is 35.3 Å². The second-order valence-corrected chi connectivity index (χ2v) is 18.5. The molecule has 2 aliphatic rings. The van der Waals surface area contributed by atoms with E-state index in [0.717, 1.165) is 68.4 Å². The molecule has 0 spiro atoms. The lowest BCUT2D eigenvalue weighted by Gasteiger charge is -2.37. The monoisotopic (exact) mass is 892 g/mol. The van der Waals surface area contributed by atoms with E-state index < -0.39 is 6.04 Å². The second-order valence-electron chi connectivity index (χ2n) is 16.8. The molecule has 332 valence electrons. The van der Waals surface area contributed by atoms with E-state index in [1.165, 1.54) is 4.88 Å². The highest BCUT2D eigenvalue weighted by Gasteiger charge is 2.34. The summed E-state index contributed by atoms with van der Waals surface area (Å²) in [6.45, 7) is 11.3. The number of nitrogens with zero attached hydrogens (tertiary/aromatic N) is 5. The molecule has 15 heteroatoms. The average molecular weight is 894 g/mol. The molecule has 5 aromatic rings. The third-order valence-electron chi connectivity index (χ3n) is 11.8. The van der Waals surface area contributed by atoms with Crippen molar-refractivity contribution in [2.24, 2.45) is 10.9 Å². The van der Waals surface area contributed by atoms with Gasteiger partial charge in [0, 0.05) is 59.3 Å². The van der Waals surface area contributed by atoms with E-state index in [9.17, 15) is 19.5 Å². The van der Waals surface area contributed by atoms with Crippen molar-refractivity contribution in [3.63, 3.8) is 0 Å². The lowest BCUT2D eigenvalue weighted by atomic mass is 9.95. The molecule has 13 nitrogen and oxygen atoms in total. The number of carbonyl (C=O) groups excluding carboxylic acids is 3. The first-order chi connectivity index (χ1) is 30.3. The zero-order valence-electron chi connectivity index (χ0n) is 36.8. The molecule has 3 amide bonds. The summed E-state index contributed by atoms with van der Waals surface area (Å²) in [5.74, 6) is 1.92. The summed E-state index contributed by atoms with van der Waals surface area (Å²) in [5.41, 5.74) is 7.83. The number of ether oxygens (including phenoxy) is 1. The molecule has 4 N–H and O–H groups in total. The Hall–Kier alpha value is -5.57. The molecule has 2 aliphatic heterocycles. The Morgan fingerprint density at radius 3 is 2.44 bits per heavy atom. The fourth-order valence-corrected chi connectivity index (χ4v) is 9.67. The highest BCUT2D eigenvalue weighted by Crippen LogP contribution is 2.40. The number of hydrogen-bond donors (Lipinski definition) is 4. The van der Waals surface area contributed by atoms with E-state index >= 15 is 0 Å². The second kappa shape index (κ2) is 20.3. The van der Waals surface area contributed by atoms with Gasteiger partial charge in [-0.15, -0.1) is 21.5 Å². The van der Waals surface area contributed by atoms with Crippen LogP contribution < -0.4 is 25.6 Å². The molecule has 0 saturated heterocycles. The van der Waals surface area contributed by atoms with Crippen molar-refractivity contribution in [1.29, 1.82) is 0 Å². The van der Waals surface area contributed by atoms with E-state index in [4.69, 9.17) is 21.3 Å². The van der Waals surface area contributed by atoms with Crippen molar-refractivity contribution in [3.8, 4) is 10.8 Å². The zero-order valence-corrected chi connectivity index (χ0v) is 38.4. The van der Waals surface area contributed by atoms with Gasteiger partial charge in [-0.1, -0.05) is 74.3 Å². The largest absolute Gasteiger partial charge is 0.489 e. The molecule has 3 aromatic carbocycles. The maximum absolute atomic E-state index is 13.3. The van der Waals surface area contributed by atoms with Gasteiger partial charge in [-0.2, -0.15) is 0 Å². The number of unbranched alkanes of at least 4 members (excludes halogenated alkanes) is 2. The Labute approximate surface area is 378 Å². The minimum absolute atomic E-state index is 0.0149. The molecular formula is C48H57ClN8O5S. The number of aliphatic hydroxyl groups excluding tert-OH is 1. The number of anilines is 1. The summed E-state index contributed by atoms with van der Waals surface area (Å²) in [7, 11) is 1.93. The van der Waals surface area contributed by atoms with Crippen LogP contribution in [0.5, 0.6) is 5.75 Å². The average Bonchev–Trinajstić information content (AvgIpc) is 3.74. The van der Waals surface area contributed by atoms with Crippen LogP contribution in [-0.4, -0.2) is 75.6 Å². The number of rotatable bonds is 16. The molecular weight excluding hydrogens is 836 g/mol. The zero-order chi connectivity index (χ0) is 44.8. The number of aryl methyl sites for hydroxylation is 2. The first-order valence-corrected chi connectivity index (χ1v) is 22.9. The van der Waals surface area contributed by atoms with Crippen LogP contribution in [0.4, 0.5) is 5.69 Å². The molecule has 2 aromatic heterocycles. The number of halogens is 1. The SMILES string of the molecule is Cc1sc2c(c1C)C(c1ccc(Cl)cc1)=N[C@@H](CC(=O)NCCCCCC(=O)NCc1ccc(COc3ccc4c(c3)N(C)C(C(C)C)C(=O)N[C@H](CO)C4)cc1)c1nnc(C)n1-2. The Balaban J connectivity index is 0.844. The number of likely N-dealkylation sites (N-methyl/N-ethyl adjacent to an activating group) is 1. The smallest absolute Gasteiger partial charge is 0.243 e. The number of benzene rings is 3. The number of aliphatic hydroxyl groups is 1. The summed E-state index contributed by atoms with van der Waals surface area (Å²) in [6, 6.07) is 20.3. The molecule has 4 heterocycles. The van der Waals surface area contributed by atoms with Crippen LogP contribution in [0.15, 0.2) is 71.7 Å². The lowest BCUT2D eigenvalue weighted by molar-refractivity contribution is -0.124. The number of aliphatic imine (C=N–C) groups is 1. The van der Waals surface area contributed by atoms with Crippen LogP contribution in [0, 0.1) is 26.7 Å². The summed E-state index contributed by atoms with van der Waals surface area (Å²) < 4.78 is 8.23. The predicted molar refractivity (Wildman–Crippen MR) is 248 cm³/mol. The van der Waals surface area contributed by atoms with Crippen LogP contribution in [0.3, 0.4) is 0 Å². The molecule has 0 fully saturated rings. The van der Waals surface area contributed by atoms with Gasteiger partial charge in [0.25, 0.3) is 0 Å². The molecule has 63 heavy (non-hydrogen) atoms. The lowest BCUT2D eigenvalue weighted by Crippen LogP contribution is -2.54. The molecule has 1 unspecified atom stereocenters. The number of thiophene rings is 1. The minimum Gasteiger partial charge on any atom is -0.489 e. The third kappa shape index (κ3) is 10.6. The van der Waals surface area contributed by atoms with Crippen molar-refractivity contribution in [2.75, 3.05) is 25.1 Å². The van der Waals surface area contributed by atoms with E-state index in [1.807, 2.05) is 104 Å². The van der Waals surface area contributed by atoms with Crippen LogP contribution in [0.1, 0.15) is 102 Å². The normalized spacial score (nSPS) is 17.1. The maximum Gasteiger partial charge on any atom is 0.243 e. The first kappa shape index (κ1) is 45.5. The molecule has 0 aliphatic carbocycles. The highest BCUT2D eigenvalue weighted by molar-refractivity contribution is 7.15. The fraction of sp³-hybridized carbons (Fsp3) is 0.417. The third-order valence-corrected chi connectivity index (χ3v) is 13.3. The standard InChI is InChI=1S/C48H57ClN8O5S/c1-28(2)45-47(61)52-37(26-58)22-35-17-20-38(23-40(35)56(45)6)62-27-33-13-11-32(12-14-33)25-51-41(59)10-8-7-9-21-50-42(60)24-39-46-55-54-31(5)57(46)48-43(29(3)30(4)63-48)44(53-39)34-15-18-36(49)19-16-34/h11-20,23,28,37,39,45,58H,7-10,21-22,24-27H2,1-6H3,(H,50,60)(H,51,59)(H,52,61)/t37-,39-,45?/m0/s1. The van der Waals surface area contributed by atoms with E-state index in [2.05, 4.69) is 40.0 Å². The maximum atomic E-state index is 13.3. The Morgan fingerprint density at radius 2 is 1.71 bits per heavy atom. The number of aromatic nitrogens is 3. The summed E-state index contributed by atoms with van der Waals surface area (Å²) >= 11 is 7.91. The molecule has 0 saturated carbocycles. The predicted octanol–water partition coefficient (Wildman–Crippen LogP) is 7.26. The quantitative estimate of drug-likeness (QED) is 0.0753. The van der Waals surface area contributed by atoms with Crippen molar-refractivity contribution in [1.82, 2.24) is 30.7 Å². The summed E-state index contributed by atoms with van der Waals surface area (Å²) in [6.07, 6.45) is 3.32. The number of amides is 3. The van der Waals surface area contributed by atoms with Gasteiger partial charge in [-0.05, 0) is 86.4 Å². The van der Waals surface area contributed by atoms with Crippen molar-refractivity contribution in [2.45, 2.75) is 104 Å². The molecule has 3 atom stereocenters. The first-order valence-electron chi connectivity index (χ1n) is 21.7. The fourth-order valence-electron chi connectivity index (χ4n) is 8.33. The number of carbonyl (C=O) groups is 3. The molecule has 0 radical (unpaired) electrons. The topological polar surface area (TPSA) is 163 Å². The van der Waals surface area contributed by atoms with E-state index in [-0.39, 0.29) is 48.8 Å².